The van der Waals surface area contributed by atoms with E-state index in [2.05, 4.69) is 28.2 Å². The van der Waals surface area contributed by atoms with Crippen molar-refractivity contribution in [3.05, 3.63) is 29.8 Å². The van der Waals surface area contributed by atoms with Gasteiger partial charge in [0.05, 0.1) is 0 Å². The summed E-state index contributed by atoms with van der Waals surface area (Å²) >= 11 is 0. The molecule has 4 aliphatic heterocycles. The van der Waals surface area contributed by atoms with Crippen LogP contribution in [0.4, 0.5) is 15.3 Å². The van der Waals surface area contributed by atoms with Crippen molar-refractivity contribution in [2.75, 3.05) is 77.9 Å². The number of piperidine rings is 2. The van der Waals surface area contributed by atoms with Gasteiger partial charge in [-0.25, -0.2) is 9.59 Å². The van der Waals surface area contributed by atoms with Gasteiger partial charge in [0.15, 0.2) is 6.61 Å². The zero-order valence-electron chi connectivity index (χ0n) is 21.9. The Morgan fingerprint density at radius 2 is 1.54 bits per heavy atom. The van der Waals surface area contributed by atoms with Crippen molar-refractivity contribution in [1.82, 2.24) is 24.5 Å². The number of piperazine rings is 1. The van der Waals surface area contributed by atoms with E-state index in [4.69, 9.17) is 4.74 Å². The third kappa shape index (κ3) is 6.18. The molecule has 0 saturated carbocycles. The Bertz CT molecular complexity index is 965. The molecule has 1 aromatic rings. The van der Waals surface area contributed by atoms with Crippen molar-refractivity contribution in [2.24, 2.45) is 0 Å². The number of hydrogen-bond donors (Lipinski definition) is 1. The average Bonchev–Trinajstić information content (AvgIpc) is 3.10. The molecule has 0 unspecified atom stereocenters. The molecule has 3 fully saturated rings. The Morgan fingerprint density at radius 3 is 2.27 bits per heavy atom. The molecular formula is C27H40N6O4. The molecule has 4 amide bonds. The van der Waals surface area contributed by atoms with Crippen LogP contribution in [0.3, 0.4) is 0 Å². The molecule has 0 atom stereocenters. The number of amides is 4. The van der Waals surface area contributed by atoms with Crippen LogP contribution in [-0.4, -0.2) is 127 Å². The van der Waals surface area contributed by atoms with E-state index in [1.165, 1.54) is 12.8 Å². The summed E-state index contributed by atoms with van der Waals surface area (Å²) in [5.74, 6) is -0.118. The first-order valence-corrected chi connectivity index (χ1v) is 13.8. The minimum atomic E-state index is -0.440. The molecule has 0 radical (unpaired) electrons. The van der Waals surface area contributed by atoms with E-state index in [1.807, 2.05) is 28.0 Å². The second-order valence-electron chi connectivity index (χ2n) is 10.8. The van der Waals surface area contributed by atoms with Crippen molar-refractivity contribution in [1.29, 1.82) is 0 Å². The standard InChI is InChI=1S/C27H40N6O4/c1-29-11-7-22(8-12-29)30-16-18-31(19-17-30)25(34)20-37-27(36)32-13-9-23(10-14-32)33-15-6-21-4-2-3-5-24(21)28-26(33)35/h2-5,22-23H,6-20H2,1H3,(H,28,35). The molecular weight excluding hydrogens is 472 g/mol. The second-order valence-corrected chi connectivity index (χ2v) is 10.8. The third-order valence-corrected chi connectivity index (χ3v) is 8.50. The highest BCUT2D eigenvalue weighted by atomic mass is 16.6. The van der Waals surface area contributed by atoms with E-state index in [0.717, 1.165) is 43.9 Å². The largest absolute Gasteiger partial charge is 0.439 e. The SMILES string of the molecule is CN1CCC(N2CCN(C(=O)COC(=O)N3CCC(N4CCc5ccccc5NC4=O)CC3)CC2)CC1. The minimum Gasteiger partial charge on any atom is -0.439 e. The van der Waals surface area contributed by atoms with E-state index in [9.17, 15) is 14.4 Å². The monoisotopic (exact) mass is 512 g/mol. The molecule has 0 bridgehead atoms. The van der Waals surface area contributed by atoms with Gasteiger partial charge in [-0.3, -0.25) is 9.69 Å². The summed E-state index contributed by atoms with van der Waals surface area (Å²) in [6.45, 7) is 6.91. The Morgan fingerprint density at radius 1 is 0.865 bits per heavy atom. The lowest BCUT2D eigenvalue weighted by molar-refractivity contribution is -0.136. The van der Waals surface area contributed by atoms with Crippen LogP contribution in [0.2, 0.25) is 0 Å². The summed E-state index contributed by atoms with van der Waals surface area (Å²) in [4.78, 5) is 48.4. The zero-order chi connectivity index (χ0) is 25.8. The van der Waals surface area contributed by atoms with Gasteiger partial charge in [0.25, 0.3) is 5.91 Å². The zero-order valence-corrected chi connectivity index (χ0v) is 21.9. The minimum absolute atomic E-state index is 0.0764. The van der Waals surface area contributed by atoms with Gasteiger partial charge in [0, 0.05) is 63.6 Å². The highest BCUT2D eigenvalue weighted by Gasteiger charge is 2.33. The Labute approximate surface area is 219 Å². The number of nitrogens with zero attached hydrogens (tertiary/aromatic N) is 5. The summed E-state index contributed by atoms with van der Waals surface area (Å²) in [6.07, 6.45) is 4.15. The highest BCUT2D eigenvalue weighted by Crippen LogP contribution is 2.25. The number of anilines is 1. The van der Waals surface area contributed by atoms with Gasteiger partial charge in [-0.1, -0.05) is 18.2 Å². The summed E-state index contributed by atoms with van der Waals surface area (Å²) in [5.41, 5.74) is 2.02. The second kappa shape index (κ2) is 11.7. The van der Waals surface area contributed by atoms with Gasteiger partial charge in [0.1, 0.15) is 0 Å². The smallest absolute Gasteiger partial charge is 0.410 e. The molecule has 1 aromatic carbocycles. The number of nitrogens with one attached hydrogen (secondary N) is 1. The predicted octanol–water partition coefficient (Wildman–Crippen LogP) is 1.92. The molecule has 4 heterocycles. The molecule has 10 nitrogen and oxygen atoms in total. The van der Waals surface area contributed by atoms with Crippen LogP contribution in [0.25, 0.3) is 0 Å². The fourth-order valence-corrected chi connectivity index (χ4v) is 6.10. The number of hydrogen-bond acceptors (Lipinski definition) is 6. The third-order valence-electron chi connectivity index (χ3n) is 8.50. The van der Waals surface area contributed by atoms with E-state index in [-0.39, 0.29) is 24.6 Å². The van der Waals surface area contributed by atoms with Crippen LogP contribution in [0, 0.1) is 0 Å². The van der Waals surface area contributed by atoms with Gasteiger partial charge in [0.2, 0.25) is 0 Å². The molecule has 202 valence electrons. The van der Waals surface area contributed by atoms with Crippen molar-refractivity contribution < 1.29 is 19.1 Å². The summed E-state index contributed by atoms with van der Waals surface area (Å²) in [5, 5.41) is 3.03. The quantitative estimate of drug-likeness (QED) is 0.663. The first kappa shape index (κ1) is 25.8. The number of fused-ring (bicyclic) bond motifs is 1. The van der Waals surface area contributed by atoms with Crippen LogP contribution >= 0.6 is 0 Å². The molecule has 1 N–H and O–H groups in total. The first-order valence-electron chi connectivity index (χ1n) is 13.8. The molecule has 0 spiro atoms. The first-order chi connectivity index (χ1) is 18.0. The highest BCUT2D eigenvalue weighted by molar-refractivity contribution is 5.91. The summed E-state index contributed by atoms with van der Waals surface area (Å²) in [6, 6.07) is 8.53. The molecule has 37 heavy (non-hydrogen) atoms. The van der Waals surface area contributed by atoms with Gasteiger partial charge >= 0.3 is 12.1 Å². The molecule has 5 rings (SSSR count). The van der Waals surface area contributed by atoms with Crippen LogP contribution in [0.5, 0.6) is 0 Å². The lowest BCUT2D eigenvalue weighted by Gasteiger charge is -2.42. The number of carbonyl (C=O) groups excluding carboxylic acids is 3. The fraction of sp³-hybridized carbons (Fsp3) is 0.667. The number of rotatable bonds is 4. The van der Waals surface area contributed by atoms with Crippen molar-refractivity contribution in [3.63, 3.8) is 0 Å². The number of benzene rings is 1. The molecule has 3 saturated heterocycles. The maximum Gasteiger partial charge on any atom is 0.410 e. The molecule has 4 aliphatic rings. The van der Waals surface area contributed by atoms with Crippen LogP contribution in [-0.2, 0) is 16.0 Å². The van der Waals surface area contributed by atoms with Gasteiger partial charge < -0.3 is 29.7 Å². The van der Waals surface area contributed by atoms with E-state index in [0.29, 0.717) is 51.6 Å². The lowest BCUT2D eigenvalue weighted by Crippen LogP contribution is -2.54. The number of ether oxygens (including phenoxy) is 1. The van der Waals surface area contributed by atoms with Gasteiger partial charge in [-0.15, -0.1) is 0 Å². The molecule has 10 heteroatoms. The Balaban J connectivity index is 1.02. The van der Waals surface area contributed by atoms with Crippen molar-refractivity contribution >= 4 is 23.7 Å². The van der Waals surface area contributed by atoms with Gasteiger partial charge in [-0.05, 0) is 63.9 Å². The molecule has 0 aliphatic carbocycles. The van der Waals surface area contributed by atoms with E-state index >= 15 is 0 Å². The topological polar surface area (TPSA) is 88.7 Å². The lowest BCUT2D eigenvalue weighted by atomic mass is 10.0. The Kier molecular flexibility index (Phi) is 8.14. The molecule has 0 aromatic heterocycles. The maximum atomic E-state index is 12.8. The fourth-order valence-electron chi connectivity index (χ4n) is 6.10. The average molecular weight is 513 g/mol. The van der Waals surface area contributed by atoms with E-state index in [1.54, 1.807) is 4.90 Å². The number of carbonyl (C=O) groups is 3. The maximum absolute atomic E-state index is 12.8. The summed E-state index contributed by atoms with van der Waals surface area (Å²) < 4.78 is 5.40. The summed E-state index contributed by atoms with van der Waals surface area (Å²) in [7, 11) is 2.17. The van der Waals surface area contributed by atoms with Gasteiger partial charge in [-0.2, -0.15) is 0 Å². The Hall–Kier alpha value is -2.85. The van der Waals surface area contributed by atoms with Crippen LogP contribution in [0.15, 0.2) is 24.3 Å². The van der Waals surface area contributed by atoms with Crippen LogP contribution < -0.4 is 5.32 Å². The number of likely N-dealkylation sites (tertiary alicyclic amines) is 2. The van der Waals surface area contributed by atoms with Crippen molar-refractivity contribution in [2.45, 2.75) is 44.2 Å². The normalized spacial score (nSPS) is 22.8. The number of urea groups is 1. The predicted molar refractivity (Wildman–Crippen MR) is 140 cm³/mol. The number of para-hydroxylation sites is 1. The van der Waals surface area contributed by atoms with Crippen LogP contribution in [0.1, 0.15) is 31.2 Å². The van der Waals surface area contributed by atoms with E-state index < -0.39 is 6.09 Å². The van der Waals surface area contributed by atoms with Crippen molar-refractivity contribution in [3.8, 4) is 0 Å².